The summed E-state index contributed by atoms with van der Waals surface area (Å²) in [7, 11) is -4.03. The lowest BCUT2D eigenvalue weighted by atomic mass is 10.2. The molecule has 3 aromatic rings. The van der Waals surface area contributed by atoms with Gasteiger partial charge in [-0.2, -0.15) is 5.10 Å². The van der Waals surface area contributed by atoms with E-state index < -0.39 is 14.9 Å². The molecule has 2 aromatic carbocycles. The van der Waals surface area contributed by atoms with Crippen LogP contribution in [0, 0.1) is 30.9 Å². The van der Waals surface area contributed by atoms with Gasteiger partial charge in [-0.1, -0.05) is 18.2 Å². The summed E-state index contributed by atoms with van der Waals surface area (Å²) in [6, 6.07) is 12.5. The molecular weight excluding hydrogens is 368 g/mol. The van der Waals surface area contributed by atoms with Gasteiger partial charge in [-0.05, 0) is 44.5 Å². The zero-order valence-corrected chi connectivity index (χ0v) is 15.8. The molecule has 0 aliphatic rings. The fraction of sp³-hybridized carbons (Fsp3) is 0.167. The van der Waals surface area contributed by atoms with Crippen LogP contribution < -0.4 is 4.72 Å². The van der Waals surface area contributed by atoms with Crippen LogP contribution in [0.15, 0.2) is 53.4 Å². The van der Waals surface area contributed by atoms with Crippen molar-refractivity contribution in [3.63, 3.8) is 0 Å². The van der Waals surface area contributed by atoms with Crippen LogP contribution >= 0.6 is 0 Å². The second-order valence-corrected chi connectivity index (χ2v) is 7.82. The number of hydrogen-bond acceptors (Lipinski definition) is 5. The molecule has 8 nitrogen and oxygen atoms in total. The third-order valence-electron chi connectivity index (χ3n) is 4.06. The van der Waals surface area contributed by atoms with Gasteiger partial charge in [0.1, 0.15) is 0 Å². The Morgan fingerprint density at radius 3 is 2.41 bits per heavy atom. The van der Waals surface area contributed by atoms with Crippen molar-refractivity contribution in [3.8, 4) is 5.69 Å². The molecule has 0 fully saturated rings. The number of non-ortho nitro benzene ring substituents is 1. The Morgan fingerprint density at radius 2 is 1.78 bits per heavy atom. The van der Waals surface area contributed by atoms with E-state index in [-0.39, 0.29) is 10.6 Å². The Bertz CT molecular complexity index is 1140. The molecule has 0 amide bonds. The topological polar surface area (TPSA) is 107 Å². The lowest BCUT2D eigenvalue weighted by Crippen LogP contribution is -2.16. The molecular formula is C18H18N4O4S. The predicted molar refractivity (Wildman–Crippen MR) is 102 cm³/mol. The first-order chi connectivity index (χ1) is 12.7. The van der Waals surface area contributed by atoms with Crippen molar-refractivity contribution < 1.29 is 13.3 Å². The highest BCUT2D eigenvalue weighted by molar-refractivity contribution is 7.92. The Hall–Kier alpha value is -3.20. The molecule has 0 saturated heterocycles. The van der Waals surface area contributed by atoms with E-state index in [1.807, 2.05) is 19.9 Å². The van der Waals surface area contributed by atoms with Gasteiger partial charge >= 0.3 is 0 Å². The standard InChI is InChI=1S/C18H18N4O4S/c1-12-8-9-15(22(23)24)11-18(12)27(25,26)20-16-6-4-5-7-17(16)21-14(3)10-13(2)19-21/h4-11,20H,1-3H3. The van der Waals surface area contributed by atoms with E-state index in [0.717, 1.165) is 17.5 Å². The molecule has 9 heteroatoms. The number of nitrogens with zero attached hydrogens (tertiary/aromatic N) is 3. The van der Waals surface area contributed by atoms with E-state index in [1.165, 1.54) is 12.1 Å². The van der Waals surface area contributed by atoms with Gasteiger partial charge in [-0.25, -0.2) is 13.1 Å². The quantitative estimate of drug-likeness (QED) is 0.533. The second kappa shape index (κ2) is 6.84. The lowest BCUT2D eigenvalue weighted by Gasteiger charge is -2.14. The summed E-state index contributed by atoms with van der Waals surface area (Å²) >= 11 is 0. The largest absolute Gasteiger partial charge is 0.277 e. The summed E-state index contributed by atoms with van der Waals surface area (Å²) in [6.07, 6.45) is 0. The summed E-state index contributed by atoms with van der Waals surface area (Å²) < 4.78 is 30.0. The first kappa shape index (κ1) is 18.6. The zero-order valence-electron chi connectivity index (χ0n) is 15.0. The Kier molecular flexibility index (Phi) is 4.71. The van der Waals surface area contributed by atoms with Crippen LogP contribution in [0.5, 0.6) is 0 Å². The maximum Gasteiger partial charge on any atom is 0.270 e. The molecule has 1 aromatic heterocycles. The van der Waals surface area contributed by atoms with Gasteiger partial charge in [-0.15, -0.1) is 0 Å². The third kappa shape index (κ3) is 3.68. The number of aryl methyl sites for hydroxylation is 3. The maximum absolute atomic E-state index is 12.9. The van der Waals surface area contributed by atoms with Crippen LogP contribution in [0.1, 0.15) is 17.0 Å². The number of anilines is 1. The zero-order chi connectivity index (χ0) is 19.8. The molecule has 1 heterocycles. The summed E-state index contributed by atoms with van der Waals surface area (Å²) in [5.74, 6) is 0. The number of nitro groups is 1. The number of sulfonamides is 1. The smallest absolute Gasteiger partial charge is 0.270 e. The van der Waals surface area contributed by atoms with Crippen molar-refractivity contribution in [2.75, 3.05) is 4.72 Å². The molecule has 0 bridgehead atoms. The van der Waals surface area contributed by atoms with Gasteiger partial charge in [-0.3, -0.25) is 14.8 Å². The van der Waals surface area contributed by atoms with Crippen LogP contribution in [-0.2, 0) is 10.0 Å². The number of rotatable bonds is 5. The molecule has 1 N–H and O–H groups in total. The number of nitro benzene ring substituents is 1. The van der Waals surface area contributed by atoms with Crippen LogP contribution in [0.2, 0.25) is 0 Å². The Morgan fingerprint density at radius 1 is 1.07 bits per heavy atom. The average Bonchev–Trinajstić information content (AvgIpc) is 2.93. The molecule has 0 atom stereocenters. The van der Waals surface area contributed by atoms with Crippen LogP contribution in [0.25, 0.3) is 5.69 Å². The van der Waals surface area contributed by atoms with Gasteiger partial charge in [0.15, 0.2) is 0 Å². The van der Waals surface area contributed by atoms with Gasteiger partial charge in [0.25, 0.3) is 15.7 Å². The van der Waals surface area contributed by atoms with Crippen molar-refractivity contribution >= 4 is 21.4 Å². The van der Waals surface area contributed by atoms with Gasteiger partial charge in [0, 0.05) is 17.8 Å². The Balaban J connectivity index is 2.07. The SMILES string of the molecule is Cc1cc(C)n(-c2ccccc2NS(=O)(=O)c2cc([N+](=O)[O-])ccc2C)n1. The van der Waals surface area contributed by atoms with Crippen molar-refractivity contribution in [2.45, 2.75) is 25.7 Å². The van der Waals surface area contributed by atoms with Crippen LogP contribution in [-0.4, -0.2) is 23.1 Å². The summed E-state index contributed by atoms with van der Waals surface area (Å²) in [5, 5.41) is 15.4. The van der Waals surface area contributed by atoms with E-state index in [4.69, 9.17) is 0 Å². The van der Waals surface area contributed by atoms with Crippen LogP contribution in [0.3, 0.4) is 0 Å². The summed E-state index contributed by atoms with van der Waals surface area (Å²) in [4.78, 5) is 10.2. The van der Waals surface area contributed by atoms with E-state index in [0.29, 0.717) is 16.9 Å². The highest BCUT2D eigenvalue weighted by atomic mass is 32.2. The minimum Gasteiger partial charge on any atom is -0.277 e. The number of para-hydroxylation sites is 2. The normalized spacial score (nSPS) is 11.4. The third-order valence-corrected chi connectivity index (χ3v) is 5.57. The minimum atomic E-state index is -4.03. The highest BCUT2D eigenvalue weighted by Gasteiger charge is 2.22. The molecule has 0 saturated carbocycles. The lowest BCUT2D eigenvalue weighted by molar-refractivity contribution is -0.385. The summed E-state index contributed by atoms with van der Waals surface area (Å²) in [6.45, 7) is 5.31. The highest BCUT2D eigenvalue weighted by Crippen LogP contribution is 2.27. The number of benzene rings is 2. The monoisotopic (exact) mass is 386 g/mol. The van der Waals surface area contributed by atoms with E-state index in [9.17, 15) is 18.5 Å². The van der Waals surface area contributed by atoms with Crippen molar-refractivity contribution in [1.82, 2.24) is 9.78 Å². The van der Waals surface area contributed by atoms with Gasteiger partial charge in [0.2, 0.25) is 0 Å². The van der Waals surface area contributed by atoms with Gasteiger partial charge in [0.05, 0.1) is 26.9 Å². The van der Waals surface area contributed by atoms with E-state index in [2.05, 4.69) is 9.82 Å². The molecule has 140 valence electrons. The fourth-order valence-corrected chi connectivity index (χ4v) is 4.15. The average molecular weight is 386 g/mol. The number of aromatic nitrogens is 2. The van der Waals surface area contributed by atoms with Crippen molar-refractivity contribution in [2.24, 2.45) is 0 Å². The van der Waals surface area contributed by atoms with Gasteiger partial charge < -0.3 is 0 Å². The first-order valence-electron chi connectivity index (χ1n) is 8.09. The predicted octanol–water partition coefficient (Wildman–Crippen LogP) is 3.51. The van der Waals surface area contributed by atoms with E-state index in [1.54, 1.807) is 35.9 Å². The maximum atomic E-state index is 12.9. The molecule has 0 spiro atoms. The van der Waals surface area contributed by atoms with E-state index >= 15 is 0 Å². The molecule has 0 unspecified atom stereocenters. The molecule has 0 aliphatic carbocycles. The number of hydrogen-bond donors (Lipinski definition) is 1. The van der Waals surface area contributed by atoms with Crippen molar-refractivity contribution in [3.05, 3.63) is 75.6 Å². The summed E-state index contributed by atoms with van der Waals surface area (Å²) in [5.41, 5.74) is 2.68. The molecule has 0 radical (unpaired) electrons. The number of nitrogens with one attached hydrogen (secondary N) is 1. The first-order valence-corrected chi connectivity index (χ1v) is 9.58. The molecule has 0 aliphatic heterocycles. The minimum absolute atomic E-state index is 0.139. The second-order valence-electron chi connectivity index (χ2n) is 6.17. The van der Waals surface area contributed by atoms with Crippen molar-refractivity contribution in [1.29, 1.82) is 0 Å². The molecule has 27 heavy (non-hydrogen) atoms. The van der Waals surface area contributed by atoms with Crippen LogP contribution in [0.4, 0.5) is 11.4 Å². The Labute approximate surface area is 156 Å². The fourth-order valence-electron chi connectivity index (χ4n) is 2.81. The molecule has 3 rings (SSSR count).